The molecule has 1 aromatic carbocycles. The van der Waals surface area contributed by atoms with E-state index in [4.69, 9.17) is 0 Å². The molecule has 0 saturated carbocycles. The summed E-state index contributed by atoms with van der Waals surface area (Å²) >= 11 is 0. The molecule has 1 aliphatic rings. The van der Waals surface area contributed by atoms with Gasteiger partial charge in [-0.25, -0.2) is 14.2 Å². The number of nitrogens with one attached hydrogen (secondary N) is 2. The SMILES string of the molecule is C[C@H](NC(=O)[C@@H](C)N1Cc2nc(F)ccc2NC1=O)c1ccc(F)cc1. The van der Waals surface area contributed by atoms with Crippen molar-refractivity contribution < 1.29 is 18.4 Å². The molecular weight excluding hydrogens is 342 g/mol. The summed E-state index contributed by atoms with van der Waals surface area (Å²) in [5.74, 6) is -1.39. The minimum atomic E-state index is -0.795. The van der Waals surface area contributed by atoms with Gasteiger partial charge in [0.1, 0.15) is 11.9 Å². The number of hydrogen-bond donors (Lipinski definition) is 2. The molecule has 6 nitrogen and oxygen atoms in total. The van der Waals surface area contributed by atoms with E-state index in [2.05, 4.69) is 15.6 Å². The van der Waals surface area contributed by atoms with Gasteiger partial charge in [0.25, 0.3) is 0 Å². The third-order valence-corrected chi connectivity index (χ3v) is 4.34. The standard InChI is InChI=1S/C18H18F2N4O2/c1-10(12-3-5-13(19)6-4-12)21-17(25)11(2)24-9-15-14(23-18(24)26)7-8-16(20)22-15/h3-8,10-11H,9H2,1-2H3,(H,21,25)(H,23,26)/t10-,11+/m0/s1. The van der Waals surface area contributed by atoms with E-state index in [1.807, 2.05) is 0 Å². The van der Waals surface area contributed by atoms with Crippen molar-refractivity contribution >= 4 is 17.6 Å². The lowest BCUT2D eigenvalue weighted by Crippen LogP contribution is -2.51. The van der Waals surface area contributed by atoms with Crippen molar-refractivity contribution in [3.8, 4) is 0 Å². The van der Waals surface area contributed by atoms with E-state index in [1.54, 1.807) is 26.0 Å². The Morgan fingerprint density at radius 1 is 1.19 bits per heavy atom. The number of benzene rings is 1. The molecule has 0 saturated heterocycles. The molecule has 0 unspecified atom stereocenters. The Bertz CT molecular complexity index is 842. The predicted molar refractivity (Wildman–Crippen MR) is 91.2 cm³/mol. The molecule has 0 fully saturated rings. The summed E-state index contributed by atoms with van der Waals surface area (Å²) in [6.45, 7) is 3.37. The Labute approximate surface area is 149 Å². The van der Waals surface area contributed by atoms with Crippen LogP contribution >= 0.6 is 0 Å². The lowest BCUT2D eigenvalue weighted by atomic mass is 10.1. The second-order valence-corrected chi connectivity index (χ2v) is 6.14. The smallest absolute Gasteiger partial charge is 0.322 e. The summed E-state index contributed by atoms with van der Waals surface area (Å²) in [5, 5.41) is 5.39. The third kappa shape index (κ3) is 3.63. The van der Waals surface area contributed by atoms with Crippen LogP contribution in [0.25, 0.3) is 0 Å². The van der Waals surface area contributed by atoms with Gasteiger partial charge in [-0.15, -0.1) is 0 Å². The van der Waals surface area contributed by atoms with Crippen LogP contribution < -0.4 is 10.6 Å². The molecule has 1 aromatic heterocycles. The number of carbonyl (C=O) groups excluding carboxylic acids is 2. The van der Waals surface area contributed by atoms with Crippen LogP contribution in [0.5, 0.6) is 0 Å². The first-order valence-corrected chi connectivity index (χ1v) is 8.14. The molecule has 3 amide bonds. The lowest BCUT2D eigenvalue weighted by molar-refractivity contribution is -0.125. The number of fused-ring (bicyclic) bond motifs is 1. The monoisotopic (exact) mass is 360 g/mol. The van der Waals surface area contributed by atoms with Crippen molar-refractivity contribution in [1.29, 1.82) is 0 Å². The van der Waals surface area contributed by atoms with Gasteiger partial charge < -0.3 is 15.5 Å². The highest BCUT2D eigenvalue weighted by Gasteiger charge is 2.31. The Hall–Kier alpha value is -3.03. The first kappa shape index (κ1) is 17.8. The number of nitrogens with zero attached hydrogens (tertiary/aromatic N) is 2. The van der Waals surface area contributed by atoms with Crippen LogP contribution in [0.3, 0.4) is 0 Å². The molecule has 2 N–H and O–H groups in total. The van der Waals surface area contributed by atoms with Gasteiger partial charge in [0, 0.05) is 0 Å². The third-order valence-electron chi connectivity index (χ3n) is 4.34. The molecule has 3 rings (SSSR count). The fourth-order valence-electron chi connectivity index (χ4n) is 2.75. The van der Waals surface area contributed by atoms with Crippen molar-refractivity contribution in [1.82, 2.24) is 15.2 Å². The Morgan fingerprint density at radius 3 is 2.58 bits per heavy atom. The quantitative estimate of drug-likeness (QED) is 0.823. The highest BCUT2D eigenvalue weighted by atomic mass is 19.1. The summed E-state index contributed by atoms with van der Waals surface area (Å²) in [6.07, 6.45) is 0. The summed E-state index contributed by atoms with van der Waals surface area (Å²) in [7, 11) is 0. The Kier molecular flexibility index (Phi) is 4.83. The molecule has 8 heteroatoms. The fourth-order valence-corrected chi connectivity index (χ4v) is 2.75. The van der Waals surface area contributed by atoms with Crippen LogP contribution in [-0.2, 0) is 11.3 Å². The van der Waals surface area contributed by atoms with E-state index < -0.39 is 18.0 Å². The molecular formula is C18H18F2N4O2. The van der Waals surface area contributed by atoms with E-state index in [9.17, 15) is 18.4 Å². The molecule has 1 aliphatic heterocycles. The molecule has 26 heavy (non-hydrogen) atoms. The number of urea groups is 1. The molecule has 2 aromatic rings. The van der Waals surface area contributed by atoms with Crippen LogP contribution in [0.1, 0.15) is 31.1 Å². The van der Waals surface area contributed by atoms with Crippen molar-refractivity contribution in [2.75, 3.05) is 5.32 Å². The topological polar surface area (TPSA) is 74.3 Å². The van der Waals surface area contributed by atoms with E-state index in [1.165, 1.54) is 23.1 Å². The minimum Gasteiger partial charge on any atom is -0.348 e. The van der Waals surface area contributed by atoms with Gasteiger partial charge in [-0.1, -0.05) is 12.1 Å². The summed E-state index contributed by atoms with van der Waals surface area (Å²) < 4.78 is 26.3. The molecule has 0 spiro atoms. The zero-order valence-corrected chi connectivity index (χ0v) is 14.3. The van der Waals surface area contributed by atoms with Crippen molar-refractivity contribution in [3.63, 3.8) is 0 Å². The largest absolute Gasteiger partial charge is 0.348 e. The number of carbonyl (C=O) groups is 2. The molecule has 0 bridgehead atoms. The number of amides is 3. The normalized spacial score (nSPS) is 15.7. The molecule has 0 aliphatic carbocycles. The van der Waals surface area contributed by atoms with Crippen LogP contribution in [0, 0.1) is 11.8 Å². The van der Waals surface area contributed by atoms with Gasteiger partial charge in [-0.05, 0) is 43.7 Å². The van der Waals surface area contributed by atoms with Gasteiger partial charge in [0.15, 0.2) is 0 Å². The summed E-state index contributed by atoms with van der Waals surface area (Å²) in [4.78, 5) is 29.8. The average molecular weight is 360 g/mol. The number of hydrogen-bond acceptors (Lipinski definition) is 3. The first-order valence-electron chi connectivity index (χ1n) is 8.14. The van der Waals surface area contributed by atoms with Crippen LogP contribution in [0.2, 0.25) is 0 Å². The first-order chi connectivity index (χ1) is 12.3. The minimum absolute atomic E-state index is 0.0262. The fraction of sp³-hybridized carbons (Fsp3) is 0.278. The maximum absolute atomic E-state index is 13.3. The highest BCUT2D eigenvalue weighted by Crippen LogP contribution is 2.23. The number of halogens is 2. The molecule has 0 radical (unpaired) electrons. The lowest BCUT2D eigenvalue weighted by Gasteiger charge is -2.33. The number of anilines is 1. The highest BCUT2D eigenvalue weighted by molar-refractivity contribution is 5.95. The van der Waals surface area contributed by atoms with Gasteiger partial charge in [0.2, 0.25) is 11.9 Å². The van der Waals surface area contributed by atoms with E-state index in [0.29, 0.717) is 11.4 Å². The maximum atomic E-state index is 13.3. The second kappa shape index (κ2) is 7.07. The number of aromatic nitrogens is 1. The Morgan fingerprint density at radius 2 is 1.88 bits per heavy atom. The summed E-state index contributed by atoms with van der Waals surface area (Å²) in [5.41, 5.74) is 1.53. The van der Waals surface area contributed by atoms with Crippen molar-refractivity contribution in [3.05, 3.63) is 59.4 Å². The van der Waals surface area contributed by atoms with Gasteiger partial charge in [-0.3, -0.25) is 4.79 Å². The molecule has 136 valence electrons. The van der Waals surface area contributed by atoms with Crippen LogP contribution in [0.4, 0.5) is 19.3 Å². The molecule has 2 atom stereocenters. The van der Waals surface area contributed by atoms with Gasteiger partial charge in [0.05, 0.1) is 24.0 Å². The van der Waals surface area contributed by atoms with Gasteiger partial charge >= 0.3 is 6.03 Å². The van der Waals surface area contributed by atoms with Crippen molar-refractivity contribution in [2.45, 2.75) is 32.5 Å². The van der Waals surface area contributed by atoms with Crippen LogP contribution in [-0.4, -0.2) is 27.9 Å². The number of rotatable bonds is 4. The van der Waals surface area contributed by atoms with Gasteiger partial charge in [-0.2, -0.15) is 4.39 Å². The second-order valence-electron chi connectivity index (χ2n) is 6.14. The van der Waals surface area contributed by atoms with E-state index in [-0.39, 0.29) is 24.3 Å². The maximum Gasteiger partial charge on any atom is 0.322 e. The Balaban J connectivity index is 1.70. The molecule has 2 heterocycles. The number of pyridine rings is 1. The van der Waals surface area contributed by atoms with E-state index >= 15 is 0 Å². The zero-order valence-electron chi connectivity index (χ0n) is 14.3. The average Bonchev–Trinajstić information content (AvgIpc) is 2.61. The van der Waals surface area contributed by atoms with Crippen molar-refractivity contribution in [2.24, 2.45) is 0 Å². The zero-order chi connectivity index (χ0) is 18.8. The van der Waals surface area contributed by atoms with Crippen LogP contribution in [0.15, 0.2) is 36.4 Å². The van der Waals surface area contributed by atoms with E-state index in [0.717, 1.165) is 11.6 Å². The predicted octanol–water partition coefficient (Wildman–Crippen LogP) is 2.97. The summed E-state index contributed by atoms with van der Waals surface area (Å²) in [6, 6.07) is 6.79.